The molecule has 2 amide bonds. The second kappa shape index (κ2) is 6.79. The lowest BCUT2D eigenvalue weighted by Gasteiger charge is -2.12. The summed E-state index contributed by atoms with van der Waals surface area (Å²) in [5.41, 5.74) is 1.86. The molecule has 0 aliphatic heterocycles. The number of fused-ring (bicyclic) bond motifs is 2. The fraction of sp³-hybridized carbons (Fsp3) is 0.111. The number of urea groups is 1. The molecule has 27 heavy (non-hydrogen) atoms. The van der Waals surface area contributed by atoms with Gasteiger partial charge < -0.3 is 21.3 Å². The minimum absolute atomic E-state index is 0.339. The second-order valence-corrected chi connectivity index (χ2v) is 5.81. The second-order valence-electron chi connectivity index (χ2n) is 5.81. The Morgan fingerprint density at radius 2 is 1.93 bits per heavy atom. The van der Waals surface area contributed by atoms with Crippen LogP contribution in [0, 0.1) is 0 Å². The topological polar surface area (TPSA) is 108 Å². The number of pyridine rings is 1. The van der Waals surface area contributed by atoms with Gasteiger partial charge in [-0.1, -0.05) is 24.3 Å². The number of hydrogen-bond donors (Lipinski definition) is 4. The van der Waals surface area contributed by atoms with Crippen LogP contribution in [0.25, 0.3) is 16.4 Å². The van der Waals surface area contributed by atoms with E-state index in [1.807, 2.05) is 36.5 Å². The molecule has 9 nitrogen and oxygen atoms in total. The molecule has 0 fully saturated rings. The Morgan fingerprint density at radius 3 is 2.74 bits per heavy atom. The molecule has 4 N–H and O–H groups in total. The van der Waals surface area contributed by atoms with E-state index in [4.69, 9.17) is 0 Å². The van der Waals surface area contributed by atoms with E-state index in [1.54, 1.807) is 31.0 Å². The third kappa shape index (κ3) is 3.06. The Morgan fingerprint density at radius 1 is 1.07 bits per heavy atom. The Bertz CT molecular complexity index is 1130. The predicted molar refractivity (Wildman–Crippen MR) is 106 cm³/mol. The van der Waals surface area contributed by atoms with Gasteiger partial charge in [-0.05, 0) is 0 Å². The molecular formula is C18H18N8O. The highest BCUT2D eigenvalue weighted by molar-refractivity contribution is 5.95. The number of rotatable bonds is 4. The summed E-state index contributed by atoms with van der Waals surface area (Å²) >= 11 is 0. The van der Waals surface area contributed by atoms with Crippen LogP contribution in [0.15, 0.2) is 48.9 Å². The number of carbonyl (C=O) groups is 1. The van der Waals surface area contributed by atoms with Crippen molar-refractivity contribution in [3.63, 3.8) is 0 Å². The molecule has 1 aromatic carbocycles. The van der Waals surface area contributed by atoms with E-state index in [0.717, 1.165) is 22.3 Å². The summed E-state index contributed by atoms with van der Waals surface area (Å²) < 4.78 is 1.62. The van der Waals surface area contributed by atoms with Crippen molar-refractivity contribution in [1.82, 2.24) is 24.9 Å². The molecule has 3 heterocycles. The molecular weight excluding hydrogens is 344 g/mol. The molecule has 0 aliphatic carbocycles. The van der Waals surface area contributed by atoms with E-state index in [-0.39, 0.29) is 6.03 Å². The molecule has 9 heteroatoms. The molecule has 3 aromatic heterocycles. The van der Waals surface area contributed by atoms with Crippen LogP contribution in [-0.2, 0) is 0 Å². The van der Waals surface area contributed by atoms with E-state index < -0.39 is 0 Å². The Kier molecular flexibility index (Phi) is 4.17. The van der Waals surface area contributed by atoms with Gasteiger partial charge in [-0.25, -0.2) is 9.78 Å². The Labute approximate surface area is 154 Å². The highest BCUT2D eigenvalue weighted by Gasteiger charge is 2.13. The minimum atomic E-state index is -0.339. The van der Waals surface area contributed by atoms with Gasteiger partial charge in [-0.2, -0.15) is 9.61 Å². The largest absolute Gasteiger partial charge is 0.373 e. The van der Waals surface area contributed by atoms with Crippen molar-refractivity contribution in [2.75, 3.05) is 30.0 Å². The number of carbonyl (C=O) groups excluding carboxylic acids is 1. The SMILES string of the molecule is CNC(=O)Nc1cnn2c(NC)cc(Nc3cncc4ccccc34)nc12. The van der Waals surface area contributed by atoms with Crippen molar-refractivity contribution in [1.29, 1.82) is 0 Å². The first-order chi connectivity index (χ1) is 13.2. The molecule has 0 unspecified atom stereocenters. The molecule has 0 saturated heterocycles. The number of nitrogens with one attached hydrogen (secondary N) is 4. The summed E-state index contributed by atoms with van der Waals surface area (Å²) in [7, 11) is 3.35. The number of hydrogen-bond acceptors (Lipinski definition) is 6. The maximum absolute atomic E-state index is 11.7. The van der Waals surface area contributed by atoms with Crippen molar-refractivity contribution in [2.45, 2.75) is 0 Å². The normalized spacial score (nSPS) is 10.7. The van der Waals surface area contributed by atoms with Crippen LogP contribution in [0.3, 0.4) is 0 Å². The lowest BCUT2D eigenvalue weighted by atomic mass is 10.1. The number of anilines is 4. The zero-order chi connectivity index (χ0) is 18.8. The van der Waals surface area contributed by atoms with Gasteiger partial charge in [-0.3, -0.25) is 4.98 Å². The summed E-state index contributed by atoms with van der Waals surface area (Å²) in [6, 6.07) is 9.48. The van der Waals surface area contributed by atoms with Crippen LogP contribution in [0.4, 0.5) is 27.8 Å². The van der Waals surface area contributed by atoms with Gasteiger partial charge >= 0.3 is 6.03 Å². The predicted octanol–water partition coefficient (Wildman–Crippen LogP) is 2.81. The van der Waals surface area contributed by atoms with Crippen LogP contribution in [0.2, 0.25) is 0 Å². The molecule has 4 rings (SSSR count). The molecule has 0 radical (unpaired) electrons. The zero-order valence-corrected chi connectivity index (χ0v) is 14.8. The number of nitrogens with zero attached hydrogens (tertiary/aromatic N) is 4. The summed E-state index contributed by atoms with van der Waals surface area (Å²) in [5.74, 6) is 1.33. The minimum Gasteiger partial charge on any atom is -0.373 e. The number of benzene rings is 1. The zero-order valence-electron chi connectivity index (χ0n) is 14.8. The van der Waals surface area contributed by atoms with Gasteiger partial charge in [0, 0.05) is 37.1 Å². The van der Waals surface area contributed by atoms with Crippen molar-refractivity contribution in [2.24, 2.45) is 0 Å². The first kappa shape index (κ1) is 16.6. The molecule has 0 saturated carbocycles. The lowest BCUT2D eigenvalue weighted by Crippen LogP contribution is -2.24. The fourth-order valence-electron chi connectivity index (χ4n) is 2.83. The average molecular weight is 362 g/mol. The molecule has 4 aromatic rings. The lowest BCUT2D eigenvalue weighted by molar-refractivity contribution is 0.254. The fourth-order valence-corrected chi connectivity index (χ4v) is 2.83. The molecule has 136 valence electrons. The van der Waals surface area contributed by atoms with Crippen molar-refractivity contribution >= 4 is 45.5 Å². The smallest absolute Gasteiger partial charge is 0.319 e. The summed E-state index contributed by atoms with van der Waals surface area (Å²) in [6.07, 6.45) is 5.13. The van der Waals surface area contributed by atoms with E-state index >= 15 is 0 Å². The van der Waals surface area contributed by atoms with Crippen molar-refractivity contribution < 1.29 is 4.79 Å². The third-order valence-electron chi connectivity index (χ3n) is 4.13. The average Bonchev–Trinajstić information content (AvgIpc) is 3.10. The number of aromatic nitrogens is 4. The Hall–Kier alpha value is -3.88. The van der Waals surface area contributed by atoms with Crippen molar-refractivity contribution in [3.8, 4) is 0 Å². The molecule has 0 bridgehead atoms. The molecule has 0 aliphatic rings. The molecule has 0 atom stereocenters. The van der Waals surface area contributed by atoms with Gasteiger partial charge in [0.05, 0.1) is 18.1 Å². The first-order valence-corrected chi connectivity index (χ1v) is 8.34. The van der Waals surface area contributed by atoms with E-state index in [0.29, 0.717) is 17.2 Å². The van der Waals surface area contributed by atoms with E-state index in [1.165, 1.54) is 0 Å². The van der Waals surface area contributed by atoms with Crippen LogP contribution in [0.1, 0.15) is 0 Å². The van der Waals surface area contributed by atoms with Gasteiger partial charge in [-0.15, -0.1) is 0 Å². The number of amides is 2. The van der Waals surface area contributed by atoms with Crippen molar-refractivity contribution in [3.05, 3.63) is 48.9 Å². The highest BCUT2D eigenvalue weighted by Crippen LogP contribution is 2.27. The van der Waals surface area contributed by atoms with Crippen LogP contribution in [-0.4, -0.2) is 39.7 Å². The van der Waals surface area contributed by atoms with Crippen LogP contribution in [0.5, 0.6) is 0 Å². The van der Waals surface area contributed by atoms with Crippen LogP contribution >= 0.6 is 0 Å². The van der Waals surface area contributed by atoms with Crippen LogP contribution < -0.4 is 21.3 Å². The van der Waals surface area contributed by atoms with E-state index in [2.05, 4.69) is 36.3 Å². The van der Waals surface area contributed by atoms with Gasteiger partial charge in [0.25, 0.3) is 0 Å². The first-order valence-electron chi connectivity index (χ1n) is 8.34. The van der Waals surface area contributed by atoms with Gasteiger partial charge in [0.2, 0.25) is 0 Å². The molecule has 0 spiro atoms. The van der Waals surface area contributed by atoms with Gasteiger partial charge in [0.1, 0.15) is 17.3 Å². The van der Waals surface area contributed by atoms with Gasteiger partial charge in [0.15, 0.2) is 5.65 Å². The summed E-state index contributed by atoms with van der Waals surface area (Å²) in [4.78, 5) is 20.6. The summed E-state index contributed by atoms with van der Waals surface area (Å²) in [6.45, 7) is 0. The highest BCUT2D eigenvalue weighted by atomic mass is 16.2. The quantitative estimate of drug-likeness (QED) is 0.445. The standard InChI is InChI=1S/C18H18N8O/c1-19-16-7-15(23-13-9-21-8-11-5-3-4-6-12(11)13)25-17-14(10-22-26(16)17)24-18(27)20-2/h3-10,19H,1-2H3,(H,23,25)(H2,20,24,27). The van der Waals surface area contributed by atoms with E-state index in [9.17, 15) is 4.79 Å². The monoisotopic (exact) mass is 362 g/mol. The maximum Gasteiger partial charge on any atom is 0.319 e. The maximum atomic E-state index is 11.7. The third-order valence-corrected chi connectivity index (χ3v) is 4.13. The summed E-state index contributed by atoms with van der Waals surface area (Å²) in [5, 5.41) is 18.0. The Balaban J connectivity index is 1.79.